The van der Waals surface area contributed by atoms with Crippen LogP contribution in [0.4, 0.5) is 19.0 Å². The summed E-state index contributed by atoms with van der Waals surface area (Å²) in [7, 11) is 0. The lowest BCUT2D eigenvalue weighted by Gasteiger charge is -2.34. The van der Waals surface area contributed by atoms with Gasteiger partial charge in [0.2, 0.25) is 0 Å². The largest absolute Gasteiger partial charge is 0.456 e. The van der Waals surface area contributed by atoms with Gasteiger partial charge in [0, 0.05) is 6.04 Å². The molecule has 1 N–H and O–H groups in total. The molecule has 128 valence electrons. The van der Waals surface area contributed by atoms with Crippen LogP contribution in [0.5, 0.6) is 0 Å². The molecule has 0 saturated heterocycles. The third-order valence-corrected chi connectivity index (χ3v) is 4.08. The zero-order chi connectivity index (χ0) is 17.0. The number of fused-ring (bicyclic) bond motifs is 1. The summed E-state index contributed by atoms with van der Waals surface area (Å²) in [6.45, 7) is 5.12. The van der Waals surface area contributed by atoms with Gasteiger partial charge in [0.15, 0.2) is 6.04 Å². The molecule has 2 aliphatic rings. The first-order valence-corrected chi connectivity index (χ1v) is 7.70. The van der Waals surface area contributed by atoms with Crippen LogP contribution in [-0.2, 0) is 4.74 Å². The molecule has 2 atom stereocenters. The van der Waals surface area contributed by atoms with E-state index in [1.807, 2.05) is 0 Å². The molecule has 8 heteroatoms. The molecule has 0 bridgehead atoms. The van der Waals surface area contributed by atoms with Crippen LogP contribution in [0.1, 0.15) is 56.4 Å². The van der Waals surface area contributed by atoms with Crippen LogP contribution in [0.25, 0.3) is 0 Å². The number of nitrogens with one attached hydrogen (secondary N) is 1. The zero-order valence-electron chi connectivity index (χ0n) is 13.3. The highest BCUT2D eigenvalue weighted by Gasteiger charge is 2.49. The molecular weight excluding hydrogens is 311 g/mol. The number of rotatable bonds is 2. The molecule has 1 aliphatic carbocycles. The predicted molar refractivity (Wildman–Crippen MR) is 77.2 cm³/mol. The van der Waals surface area contributed by atoms with Crippen molar-refractivity contribution in [2.45, 2.75) is 63.9 Å². The number of aromatic nitrogens is 2. The van der Waals surface area contributed by atoms with Crippen molar-refractivity contribution in [3.63, 3.8) is 0 Å². The lowest BCUT2D eigenvalue weighted by molar-refractivity contribution is -0.174. The first-order valence-electron chi connectivity index (χ1n) is 7.70. The molecule has 1 saturated carbocycles. The molecule has 0 spiro atoms. The van der Waals surface area contributed by atoms with Gasteiger partial charge in [-0.3, -0.25) is 0 Å². The maximum Gasteiger partial charge on any atom is 0.410 e. The minimum absolute atomic E-state index is 0.0551. The Morgan fingerprint density at radius 3 is 2.52 bits per heavy atom. The van der Waals surface area contributed by atoms with Crippen molar-refractivity contribution in [1.29, 1.82) is 0 Å². The van der Waals surface area contributed by atoms with Crippen LogP contribution >= 0.6 is 0 Å². The van der Waals surface area contributed by atoms with Gasteiger partial charge < -0.3 is 10.1 Å². The Hall–Kier alpha value is -1.73. The normalized spacial score (nSPS) is 24.8. The predicted octanol–water partition coefficient (Wildman–Crippen LogP) is 3.54. The van der Waals surface area contributed by atoms with Crippen molar-refractivity contribution in [1.82, 2.24) is 9.78 Å². The van der Waals surface area contributed by atoms with Crippen LogP contribution < -0.4 is 5.32 Å². The highest BCUT2D eigenvalue weighted by atomic mass is 19.4. The number of carbonyl (C=O) groups excluding carboxylic acids is 1. The van der Waals surface area contributed by atoms with Gasteiger partial charge >= 0.3 is 12.1 Å². The van der Waals surface area contributed by atoms with E-state index in [9.17, 15) is 18.0 Å². The average Bonchev–Trinajstić information content (AvgIpc) is 3.14. The lowest BCUT2D eigenvalue weighted by atomic mass is 9.99. The first kappa shape index (κ1) is 16.1. The zero-order valence-corrected chi connectivity index (χ0v) is 13.3. The SMILES string of the molecule is CC(C)(C)OC(=O)c1cnn2c1NC(C1CC1)CC2C(F)(F)F. The Bertz CT molecular complexity index is 614. The number of hydrogen-bond acceptors (Lipinski definition) is 4. The molecule has 2 unspecified atom stereocenters. The molecule has 1 aromatic rings. The smallest absolute Gasteiger partial charge is 0.410 e. The number of hydrogen-bond donors (Lipinski definition) is 1. The van der Waals surface area contributed by atoms with Crippen LogP contribution in [0, 0.1) is 5.92 Å². The van der Waals surface area contributed by atoms with Gasteiger partial charge in [0.05, 0.1) is 6.20 Å². The van der Waals surface area contributed by atoms with E-state index in [-0.39, 0.29) is 29.8 Å². The summed E-state index contributed by atoms with van der Waals surface area (Å²) in [6, 6.07) is -1.99. The fourth-order valence-corrected chi connectivity index (χ4v) is 2.88. The van der Waals surface area contributed by atoms with Crippen molar-refractivity contribution in [2.24, 2.45) is 5.92 Å². The number of alkyl halides is 3. The van der Waals surface area contributed by atoms with Gasteiger partial charge in [-0.1, -0.05) is 0 Å². The summed E-state index contributed by atoms with van der Waals surface area (Å²) < 4.78 is 46.2. The van der Waals surface area contributed by atoms with Crippen LogP contribution in [-0.4, -0.2) is 33.6 Å². The fraction of sp³-hybridized carbons (Fsp3) is 0.733. The quantitative estimate of drug-likeness (QED) is 0.842. The van der Waals surface area contributed by atoms with Crippen molar-refractivity contribution in [3.8, 4) is 0 Å². The molecular formula is C15H20F3N3O2. The highest BCUT2D eigenvalue weighted by Crippen LogP contribution is 2.46. The van der Waals surface area contributed by atoms with Crippen molar-refractivity contribution < 1.29 is 22.7 Å². The monoisotopic (exact) mass is 331 g/mol. The minimum Gasteiger partial charge on any atom is -0.456 e. The molecule has 5 nitrogen and oxygen atoms in total. The molecule has 0 radical (unpaired) electrons. The van der Waals surface area contributed by atoms with Crippen LogP contribution in [0.15, 0.2) is 6.20 Å². The summed E-state index contributed by atoms with van der Waals surface area (Å²) in [5.41, 5.74) is -0.667. The van der Waals surface area contributed by atoms with E-state index in [2.05, 4.69) is 10.4 Å². The molecule has 1 aromatic heterocycles. The van der Waals surface area contributed by atoms with E-state index in [0.29, 0.717) is 0 Å². The summed E-state index contributed by atoms with van der Waals surface area (Å²) in [5, 5.41) is 6.88. The fourth-order valence-electron chi connectivity index (χ4n) is 2.88. The highest BCUT2D eigenvalue weighted by molar-refractivity contribution is 5.95. The van der Waals surface area contributed by atoms with Gasteiger partial charge in [-0.2, -0.15) is 18.3 Å². The van der Waals surface area contributed by atoms with Gasteiger partial charge in [0.1, 0.15) is 17.0 Å². The van der Waals surface area contributed by atoms with Gasteiger partial charge in [-0.05, 0) is 46.0 Å². The van der Waals surface area contributed by atoms with Crippen molar-refractivity contribution in [2.75, 3.05) is 5.32 Å². The third kappa shape index (κ3) is 3.30. The molecule has 23 heavy (non-hydrogen) atoms. The van der Waals surface area contributed by atoms with Crippen molar-refractivity contribution in [3.05, 3.63) is 11.8 Å². The number of halogens is 3. The first-order chi connectivity index (χ1) is 10.6. The van der Waals surface area contributed by atoms with Gasteiger partial charge in [-0.25, -0.2) is 9.48 Å². The summed E-state index contributed by atoms with van der Waals surface area (Å²) >= 11 is 0. The Balaban J connectivity index is 1.94. The van der Waals surface area contributed by atoms with E-state index in [0.717, 1.165) is 23.7 Å². The number of nitrogens with zero attached hydrogens (tertiary/aromatic N) is 2. The Morgan fingerprint density at radius 1 is 1.35 bits per heavy atom. The van der Waals surface area contributed by atoms with Crippen LogP contribution in [0.3, 0.4) is 0 Å². The van der Waals surface area contributed by atoms with E-state index < -0.39 is 23.8 Å². The second-order valence-electron chi connectivity index (χ2n) is 7.23. The van der Waals surface area contributed by atoms with Gasteiger partial charge in [0.25, 0.3) is 0 Å². The standard InChI is InChI=1S/C15H20F3N3O2/c1-14(2,3)23-13(22)9-7-19-21-11(15(16,17)18)6-10(8-4-5-8)20-12(9)21/h7-8,10-11,20H,4-6H2,1-3H3. The lowest BCUT2D eigenvalue weighted by Crippen LogP contribution is -2.40. The molecule has 1 fully saturated rings. The average molecular weight is 331 g/mol. The van der Waals surface area contributed by atoms with E-state index in [4.69, 9.17) is 4.74 Å². The number of ether oxygens (including phenoxy) is 1. The number of anilines is 1. The molecule has 0 amide bonds. The maximum absolute atomic E-state index is 13.4. The summed E-state index contributed by atoms with van der Waals surface area (Å²) in [4.78, 5) is 12.2. The van der Waals surface area contributed by atoms with E-state index in [1.165, 1.54) is 0 Å². The van der Waals surface area contributed by atoms with Crippen molar-refractivity contribution >= 4 is 11.8 Å². The maximum atomic E-state index is 13.4. The number of esters is 1. The molecule has 3 rings (SSSR count). The van der Waals surface area contributed by atoms with E-state index >= 15 is 0 Å². The van der Waals surface area contributed by atoms with Crippen LogP contribution in [0.2, 0.25) is 0 Å². The minimum atomic E-state index is -4.40. The molecule has 2 heterocycles. The second-order valence-corrected chi connectivity index (χ2v) is 7.23. The third-order valence-electron chi connectivity index (χ3n) is 4.08. The number of carbonyl (C=O) groups is 1. The summed E-state index contributed by atoms with van der Waals surface area (Å²) in [6.07, 6.45) is -1.47. The van der Waals surface area contributed by atoms with Gasteiger partial charge in [-0.15, -0.1) is 0 Å². The van der Waals surface area contributed by atoms with E-state index in [1.54, 1.807) is 20.8 Å². The Morgan fingerprint density at radius 2 is 2.00 bits per heavy atom. The topological polar surface area (TPSA) is 56.1 Å². The Labute approximate surface area is 132 Å². The Kier molecular flexibility index (Phi) is 3.61. The molecule has 1 aliphatic heterocycles. The summed E-state index contributed by atoms with van der Waals surface area (Å²) in [5.74, 6) is -0.316. The molecule has 0 aromatic carbocycles. The second kappa shape index (κ2) is 5.14.